The molecule has 4 aliphatic rings. The second-order valence-electron chi connectivity index (χ2n) is 21.1. The van der Waals surface area contributed by atoms with Crippen molar-refractivity contribution in [3.05, 3.63) is 96.1 Å². The topological polar surface area (TPSA) is 251 Å². The minimum Gasteiger partial charge on any atom is -0.497 e. The average molecular weight is 1080 g/mol. The van der Waals surface area contributed by atoms with Crippen molar-refractivity contribution in [3.8, 4) is 11.5 Å². The van der Waals surface area contributed by atoms with Gasteiger partial charge >= 0.3 is 24.0 Å². The van der Waals surface area contributed by atoms with Gasteiger partial charge in [0.2, 0.25) is 11.8 Å². The number of likely N-dealkylation sites (tertiary alicyclic amines) is 2. The lowest BCUT2D eigenvalue weighted by Crippen LogP contribution is -2.56. The summed E-state index contributed by atoms with van der Waals surface area (Å²) in [4.78, 5) is 97.0. The van der Waals surface area contributed by atoms with Crippen molar-refractivity contribution in [1.82, 2.24) is 51.0 Å². The molecule has 1 unspecified atom stereocenters. The van der Waals surface area contributed by atoms with Crippen LogP contribution in [0, 0.1) is 22.7 Å². The van der Waals surface area contributed by atoms with Gasteiger partial charge in [-0.15, -0.1) is 0 Å². The van der Waals surface area contributed by atoms with Crippen LogP contribution in [0.3, 0.4) is 0 Å². The zero-order valence-corrected chi connectivity index (χ0v) is 46.1. The summed E-state index contributed by atoms with van der Waals surface area (Å²) in [6.45, 7) is 7.05. The lowest BCUT2D eigenvalue weighted by Gasteiger charge is -2.46. The normalized spacial score (nSPS) is 17.7. The van der Waals surface area contributed by atoms with Gasteiger partial charge in [-0.1, -0.05) is 56.4 Å². The van der Waals surface area contributed by atoms with Crippen LogP contribution in [0.5, 0.6) is 11.5 Å². The molecule has 0 bridgehead atoms. The highest BCUT2D eigenvalue weighted by molar-refractivity contribution is 5.89. The maximum Gasteiger partial charge on any atom is 0.315 e. The van der Waals surface area contributed by atoms with E-state index in [1.807, 2.05) is 62.4 Å². The molecule has 2 saturated heterocycles. The van der Waals surface area contributed by atoms with Crippen LogP contribution in [0.2, 0.25) is 0 Å². The number of H-pyrrole nitrogens is 2. The Bertz CT molecular complexity index is 2500. The molecule has 20 heteroatoms. The molecule has 2 aliphatic carbocycles. The van der Waals surface area contributed by atoms with Gasteiger partial charge in [0.15, 0.2) is 0 Å². The first kappa shape index (κ1) is 58.6. The zero-order chi connectivity index (χ0) is 55.3. The first-order chi connectivity index (χ1) is 37.9. The molecule has 2 saturated carbocycles. The fraction of sp³-hybridized carbons (Fsp3) is 0.586. The molecule has 0 radical (unpaired) electrons. The molecular formula is C58H82N10O10. The van der Waals surface area contributed by atoms with E-state index in [-0.39, 0.29) is 23.8 Å². The van der Waals surface area contributed by atoms with Gasteiger partial charge in [0.25, 0.3) is 0 Å². The van der Waals surface area contributed by atoms with Crippen LogP contribution >= 0.6 is 0 Å². The molecule has 2 atom stereocenters. The molecule has 6 N–H and O–H groups in total. The predicted molar refractivity (Wildman–Crippen MR) is 292 cm³/mol. The molecular weight excluding hydrogens is 997 g/mol. The lowest BCUT2D eigenvalue weighted by molar-refractivity contribution is -0.166. The van der Waals surface area contributed by atoms with Crippen LogP contribution in [0.15, 0.2) is 73.6 Å². The molecule has 2 aromatic heterocycles. The van der Waals surface area contributed by atoms with Crippen molar-refractivity contribution in [1.29, 1.82) is 0 Å². The number of imidazole rings is 2. The highest BCUT2D eigenvalue weighted by Crippen LogP contribution is 2.48. The van der Waals surface area contributed by atoms with Crippen molar-refractivity contribution in [2.24, 2.45) is 22.7 Å². The van der Waals surface area contributed by atoms with E-state index >= 15 is 0 Å². The number of esters is 2. The number of benzene rings is 2. The van der Waals surface area contributed by atoms with E-state index in [4.69, 9.17) is 18.9 Å². The molecule has 4 fully saturated rings. The van der Waals surface area contributed by atoms with Crippen LogP contribution in [0.1, 0.15) is 113 Å². The number of hydrogen-bond acceptors (Lipinski definition) is 12. The van der Waals surface area contributed by atoms with Gasteiger partial charge in [0.1, 0.15) is 23.6 Å². The predicted octanol–water partition coefficient (Wildman–Crippen LogP) is 6.47. The van der Waals surface area contributed by atoms with Gasteiger partial charge in [-0.3, -0.25) is 19.2 Å². The lowest BCUT2D eigenvalue weighted by atomic mass is 9.63. The van der Waals surface area contributed by atoms with Crippen molar-refractivity contribution >= 4 is 35.8 Å². The van der Waals surface area contributed by atoms with Gasteiger partial charge < -0.3 is 60.0 Å². The van der Waals surface area contributed by atoms with Crippen LogP contribution in [-0.2, 0) is 54.3 Å². The summed E-state index contributed by atoms with van der Waals surface area (Å²) >= 11 is 0. The Morgan fingerprint density at radius 3 is 1.47 bits per heavy atom. The van der Waals surface area contributed by atoms with Crippen LogP contribution in [0.25, 0.3) is 0 Å². The number of hydrogen-bond donors (Lipinski definition) is 6. The average Bonchev–Trinajstić information content (AvgIpc) is 3.86. The summed E-state index contributed by atoms with van der Waals surface area (Å²) in [7, 11) is 3.21. The Morgan fingerprint density at radius 1 is 0.615 bits per heavy atom. The number of carbonyl (C=O) groups excluding carboxylic acids is 6. The molecule has 78 heavy (non-hydrogen) atoms. The molecule has 2 aromatic carbocycles. The quantitative estimate of drug-likeness (QED) is 0.0438. The number of amides is 6. The monoisotopic (exact) mass is 1080 g/mol. The van der Waals surface area contributed by atoms with Gasteiger partial charge in [0, 0.05) is 77.3 Å². The number of ether oxygens (including phenoxy) is 4. The number of carbonyl (C=O) groups is 6. The standard InChI is InChI=1S/C30H43N5O5.C28H39N5O5/c1-3-40-28(37)30(23-7-5-4-6-8-23)14-17-35(18-15-30)27(36)26(19-22-9-11-25(39-2)12-10-22)34-29(38)32-16-13-24-20-31-21-33-24;1-3-38-26(35)28(17-21-4-5-21)11-14-33(15-12-28)25(34)24(16-20-6-8-23(37-2)9-7-20)32-27(36)30-13-10-22-18-29-19-31-22/h9-12,20-21,23,26H,3-8,13-19H2,1-2H3,(H,31,33)(H2,32,34,38);6-9,18-19,21,24H,3-5,10-17H2,1-2H3,(H,29,31)(H2,30,32,36)/t26-;/m1./s1. The van der Waals surface area contributed by atoms with E-state index in [0.29, 0.717) is 116 Å². The minimum absolute atomic E-state index is 0.113. The third-order valence-electron chi connectivity index (χ3n) is 16.0. The Hall–Kier alpha value is -7.12. The first-order valence-corrected chi connectivity index (χ1v) is 28.1. The maximum absolute atomic E-state index is 13.8. The molecule has 20 nitrogen and oxygen atoms in total. The third-order valence-corrected chi connectivity index (χ3v) is 16.0. The van der Waals surface area contributed by atoms with E-state index in [9.17, 15) is 28.8 Å². The van der Waals surface area contributed by atoms with Gasteiger partial charge in [-0.25, -0.2) is 19.6 Å². The van der Waals surface area contributed by atoms with E-state index in [0.717, 1.165) is 79.0 Å². The Kier molecular flexibility index (Phi) is 21.8. The molecule has 424 valence electrons. The third kappa shape index (κ3) is 16.5. The molecule has 6 amide bonds. The summed E-state index contributed by atoms with van der Waals surface area (Å²) in [5.41, 5.74) is 2.47. The summed E-state index contributed by atoms with van der Waals surface area (Å²) in [5, 5.41) is 11.5. The number of piperidine rings is 2. The number of urea groups is 2. The van der Waals surface area contributed by atoms with Crippen molar-refractivity contribution in [2.45, 2.75) is 129 Å². The number of aromatic nitrogens is 4. The van der Waals surface area contributed by atoms with E-state index in [1.165, 1.54) is 6.42 Å². The fourth-order valence-corrected chi connectivity index (χ4v) is 11.4. The van der Waals surface area contributed by atoms with Gasteiger partial charge in [0.05, 0.1) is 62.3 Å². The molecule has 4 heterocycles. The molecule has 8 rings (SSSR count). The maximum atomic E-state index is 13.8. The smallest absolute Gasteiger partial charge is 0.315 e. The summed E-state index contributed by atoms with van der Waals surface area (Å²) < 4.78 is 21.5. The van der Waals surface area contributed by atoms with Gasteiger partial charge in [-0.05, 0) is 106 Å². The van der Waals surface area contributed by atoms with Crippen LogP contribution in [0.4, 0.5) is 9.59 Å². The van der Waals surface area contributed by atoms with E-state index < -0.39 is 35.0 Å². The minimum atomic E-state index is -0.747. The van der Waals surface area contributed by atoms with E-state index in [2.05, 4.69) is 41.2 Å². The Morgan fingerprint density at radius 2 is 1.06 bits per heavy atom. The SMILES string of the molecule is CCOC(=O)C1(C2CCCCC2)CCN(C(=O)[C@@H](Cc2ccc(OC)cc2)NC(=O)NCCc2c[nH]cn2)CC1.CCOC(=O)C1(CC2CC2)CCN(C(=O)C(Cc2ccc(OC)cc2)NC(=O)NCCc2c[nH]cn2)CC1. The Balaban J connectivity index is 0.000000226. The fourth-order valence-electron chi connectivity index (χ4n) is 11.4. The number of rotatable bonds is 23. The van der Waals surface area contributed by atoms with Crippen LogP contribution < -0.4 is 30.7 Å². The zero-order valence-electron chi connectivity index (χ0n) is 46.1. The van der Waals surface area contributed by atoms with Crippen molar-refractivity contribution in [2.75, 3.05) is 66.7 Å². The summed E-state index contributed by atoms with van der Waals surface area (Å²) in [5.74, 6) is 1.79. The number of aromatic amines is 2. The highest BCUT2D eigenvalue weighted by atomic mass is 16.5. The second-order valence-corrected chi connectivity index (χ2v) is 21.1. The van der Waals surface area contributed by atoms with Crippen molar-refractivity contribution in [3.63, 3.8) is 0 Å². The number of nitrogens with zero attached hydrogens (tertiary/aromatic N) is 4. The number of methoxy groups -OCH3 is 2. The Labute approximate surface area is 458 Å². The van der Waals surface area contributed by atoms with E-state index in [1.54, 1.807) is 49.1 Å². The first-order valence-electron chi connectivity index (χ1n) is 28.1. The molecule has 4 aromatic rings. The van der Waals surface area contributed by atoms with Crippen molar-refractivity contribution < 1.29 is 47.7 Å². The van der Waals surface area contributed by atoms with Gasteiger partial charge in [-0.2, -0.15) is 0 Å². The van der Waals surface area contributed by atoms with Crippen LogP contribution in [-0.4, -0.2) is 144 Å². The summed E-state index contributed by atoms with van der Waals surface area (Å²) in [6.07, 6.45) is 19.7. The summed E-state index contributed by atoms with van der Waals surface area (Å²) in [6, 6.07) is 12.7. The number of nitrogens with one attached hydrogen (secondary N) is 6. The largest absolute Gasteiger partial charge is 0.497 e. The molecule has 0 spiro atoms. The second kappa shape index (κ2) is 29.0. The molecule has 2 aliphatic heterocycles. The highest BCUT2D eigenvalue weighted by Gasteiger charge is 2.50.